The molecule has 8 nitrogen and oxygen atoms in total. The van der Waals surface area contributed by atoms with Gasteiger partial charge in [-0.3, -0.25) is 14.5 Å². The molecule has 1 aliphatic heterocycles. The van der Waals surface area contributed by atoms with Crippen LogP contribution in [0.3, 0.4) is 0 Å². The highest BCUT2D eigenvalue weighted by atomic mass is 19.1. The monoisotopic (exact) mass is 410 g/mol. The lowest BCUT2D eigenvalue weighted by Crippen LogP contribution is -2.46. The summed E-state index contributed by atoms with van der Waals surface area (Å²) >= 11 is 0. The SMILES string of the molecule is CNC(=O)c1ccc(N2CCN(Cc3ccc4ncc(=O)[nH]c4c3F)CC2)c(C)n1. The van der Waals surface area contributed by atoms with Gasteiger partial charge in [-0.05, 0) is 25.1 Å². The largest absolute Gasteiger partial charge is 0.368 e. The lowest BCUT2D eigenvalue weighted by atomic mass is 10.1. The molecule has 0 aliphatic carbocycles. The minimum absolute atomic E-state index is 0.150. The van der Waals surface area contributed by atoms with Gasteiger partial charge < -0.3 is 15.2 Å². The van der Waals surface area contributed by atoms with Crippen LogP contribution in [0.4, 0.5) is 10.1 Å². The standard InChI is InChI=1S/C21H23FN6O2/c1-13-17(6-5-16(25-13)21(30)23-2)28-9-7-27(8-10-28)12-14-3-4-15-20(19(14)22)26-18(29)11-24-15/h3-6,11H,7-10,12H2,1-2H3,(H,23,30)(H,26,29). The maximum atomic E-state index is 14.8. The Bertz CT molecular complexity index is 1150. The predicted molar refractivity (Wildman–Crippen MR) is 112 cm³/mol. The van der Waals surface area contributed by atoms with Crippen molar-refractivity contribution in [2.24, 2.45) is 0 Å². The van der Waals surface area contributed by atoms with Gasteiger partial charge in [-0.15, -0.1) is 0 Å². The Kier molecular flexibility index (Phi) is 5.45. The number of H-pyrrole nitrogens is 1. The van der Waals surface area contributed by atoms with Gasteiger partial charge in [0.25, 0.3) is 11.5 Å². The number of nitrogens with one attached hydrogen (secondary N) is 2. The van der Waals surface area contributed by atoms with Gasteiger partial charge in [-0.1, -0.05) is 6.07 Å². The number of carbonyl (C=O) groups is 1. The fraction of sp³-hybridized carbons (Fsp3) is 0.333. The van der Waals surface area contributed by atoms with Crippen molar-refractivity contribution in [3.05, 3.63) is 63.6 Å². The third-order valence-electron chi connectivity index (χ3n) is 5.39. The number of aromatic amines is 1. The molecule has 3 heterocycles. The van der Waals surface area contributed by atoms with Crippen LogP contribution in [0.5, 0.6) is 0 Å². The Morgan fingerprint density at radius 2 is 1.97 bits per heavy atom. The van der Waals surface area contributed by atoms with Gasteiger partial charge in [0, 0.05) is 45.3 Å². The molecular formula is C21H23FN6O2. The van der Waals surface area contributed by atoms with E-state index in [1.54, 1.807) is 25.2 Å². The number of anilines is 1. The highest BCUT2D eigenvalue weighted by Gasteiger charge is 2.21. The molecule has 2 aromatic heterocycles. The molecule has 3 aromatic rings. The first-order valence-corrected chi connectivity index (χ1v) is 9.79. The van der Waals surface area contributed by atoms with Gasteiger partial charge in [0.15, 0.2) is 5.82 Å². The van der Waals surface area contributed by atoms with Crippen molar-refractivity contribution in [2.45, 2.75) is 13.5 Å². The number of nitrogens with zero attached hydrogens (tertiary/aromatic N) is 4. The van der Waals surface area contributed by atoms with Crippen molar-refractivity contribution in [1.82, 2.24) is 25.2 Å². The minimum atomic E-state index is -0.426. The summed E-state index contributed by atoms with van der Waals surface area (Å²) in [5.41, 5.74) is 2.91. The van der Waals surface area contributed by atoms with Crippen LogP contribution in [0.15, 0.2) is 35.3 Å². The number of fused-ring (bicyclic) bond motifs is 1. The summed E-state index contributed by atoms with van der Waals surface area (Å²) in [6, 6.07) is 7.10. The molecule has 0 spiro atoms. The predicted octanol–water partition coefficient (Wildman–Crippen LogP) is 1.45. The molecular weight excluding hydrogens is 387 g/mol. The average Bonchev–Trinajstić information content (AvgIpc) is 2.76. The zero-order valence-corrected chi connectivity index (χ0v) is 16.9. The van der Waals surface area contributed by atoms with Crippen LogP contribution in [-0.4, -0.2) is 59.0 Å². The molecule has 4 rings (SSSR count). The van der Waals surface area contributed by atoms with Crippen molar-refractivity contribution >= 4 is 22.6 Å². The number of rotatable bonds is 4. The van der Waals surface area contributed by atoms with Crippen LogP contribution in [0.1, 0.15) is 21.7 Å². The summed E-state index contributed by atoms with van der Waals surface area (Å²) in [6.45, 7) is 5.42. The van der Waals surface area contributed by atoms with Gasteiger partial charge in [-0.25, -0.2) is 14.4 Å². The number of piperazine rings is 1. The van der Waals surface area contributed by atoms with Gasteiger partial charge in [0.1, 0.15) is 11.2 Å². The van der Waals surface area contributed by atoms with Gasteiger partial charge in [0.2, 0.25) is 0 Å². The smallest absolute Gasteiger partial charge is 0.269 e. The molecule has 1 aromatic carbocycles. The third kappa shape index (κ3) is 3.88. The number of aromatic nitrogens is 3. The van der Waals surface area contributed by atoms with Crippen molar-refractivity contribution < 1.29 is 9.18 Å². The van der Waals surface area contributed by atoms with Crippen LogP contribution in [0.2, 0.25) is 0 Å². The second kappa shape index (κ2) is 8.19. The summed E-state index contributed by atoms with van der Waals surface area (Å²) in [6.07, 6.45) is 1.15. The molecule has 0 atom stereocenters. The molecule has 1 amide bonds. The van der Waals surface area contributed by atoms with Crippen molar-refractivity contribution in [2.75, 3.05) is 38.1 Å². The first kappa shape index (κ1) is 20.0. The number of benzene rings is 1. The third-order valence-corrected chi connectivity index (χ3v) is 5.39. The Labute approximate surface area is 172 Å². The molecule has 1 aliphatic rings. The van der Waals surface area contributed by atoms with E-state index < -0.39 is 11.4 Å². The zero-order valence-electron chi connectivity index (χ0n) is 16.9. The first-order chi connectivity index (χ1) is 14.5. The van der Waals surface area contributed by atoms with Crippen LogP contribution in [0.25, 0.3) is 11.0 Å². The topological polar surface area (TPSA) is 94.2 Å². The molecule has 9 heteroatoms. The van der Waals surface area contributed by atoms with E-state index in [0.29, 0.717) is 23.3 Å². The Morgan fingerprint density at radius 3 is 2.67 bits per heavy atom. The number of pyridine rings is 1. The van der Waals surface area contributed by atoms with E-state index >= 15 is 0 Å². The van der Waals surface area contributed by atoms with Gasteiger partial charge in [0.05, 0.1) is 23.1 Å². The molecule has 1 fully saturated rings. The van der Waals surface area contributed by atoms with Crippen LogP contribution in [-0.2, 0) is 6.54 Å². The fourth-order valence-electron chi connectivity index (χ4n) is 3.77. The second-order valence-corrected chi connectivity index (χ2v) is 7.32. The van der Waals surface area contributed by atoms with E-state index in [4.69, 9.17) is 0 Å². The van der Waals surface area contributed by atoms with E-state index in [-0.39, 0.29) is 11.4 Å². The van der Waals surface area contributed by atoms with Gasteiger partial charge >= 0.3 is 0 Å². The number of carbonyl (C=O) groups excluding carboxylic acids is 1. The highest BCUT2D eigenvalue weighted by molar-refractivity contribution is 5.92. The Morgan fingerprint density at radius 1 is 1.20 bits per heavy atom. The van der Waals surface area contributed by atoms with Crippen molar-refractivity contribution in [3.8, 4) is 0 Å². The summed E-state index contributed by atoms with van der Waals surface area (Å²) < 4.78 is 14.8. The zero-order chi connectivity index (χ0) is 21.3. The summed E-state index contributed by atoms with van der Waals surface area (Å²) in [5, 5.41) is 2.58. The lowest BCUT2D eigenvalue weighted by Gasteiger charge is -2.36. The van der Waals surface area contributed by atoms with E-state index in [1.807, 2.05) is 13.0 Å². The number of halogens is 1. The fourth-order valence-corrected chi connectivity index (χ4v) is 3.77. The second-order valence-electron chi connectivity index (χ2n) is 7.32. The van der Waals surface area contributed by atoms with E-state index in [0.717, 1.165) is 43.8 Å². The molecule has 0 saturated carbocycles. The maximum absolute atomic E-state index is 14.8. The Balaban J connectivity index is 1.44. The molecule has 156 valence electrons. The molecule has 0 radical (unpaired) electrons. The summed E-state index contributed by atoms with van der Waals surface area (Å²) in [4.78, 5) is 38.5. The van der Waals surface area contributed by atoms with E-state index in [2.05, 4.69) is 30.1 Å². The first-order valence-electron chi connectivity index (χ1n) is 9.79. The number of aryl methyl sites for hydroxylation is 1. The van der Waals surface area contributed by atoms with Crippen LogP contribution in [0, 0.1) is 12.7 Å². The summed E-state index contributed by atoms with van der Waals surface area (Å²) in [7, 11) is 1.58. The highest BCUT2D eigenvalue weighted by Crippen LogP contribution is 2.22. The molecule has 1 saturated heterocycles. The van der Waals surface area contributed by atoms with Crippen LogP contribution < -0.4 is 15.8 Å². The molecule has 30 heavy (non-hydrogen) atoms. The molecule has 0 unspecified atom stereocenters. The quantitative estimate of drug-likeness (QED) is 0.676. The maximum Gasteiger partial charge on any atom is 0.269 e. The van der Waals surface area contributed by atoms with Gasteiger partial charge in [-0.2, -0.15) is 0 Å². The molecule has 0 bridgehead atoms. The van der Waals surface area contributed by atoms with Crippen molar-refractivity contribution in [1.29, 1.82) is 0 Å². The lowest BCUT2D eigenvalue weighted by molar-refractivity contribution is 0.0958. The average molecular weight is 410 g/mol. The van der Waals surface area contributed by atoms with E-state index in [1.165, 1.54) is 0 Å². The number of hydrogen-bond donors (Lipinski definition) is 2. The Hall–Kier alpha value is -3.33. The molecule has 2 N–H and O–H groups in total. The van der Waals surface area contributed by atoms with E-state index in [9.17, 15) is 14.0 Å². The number of hydrogen-bond acceptors (Lipinski definition) is 6. The summed E-state index contributed by atoms with van der Waals surface area (Å²) in [5.74, 6) is -0.631. The minimum Gasteiger partial charge on any atom is -0.368 e. The van der Waals surface area contributed by atoms with Crippen LogP contribution >= 0.6 is 0 Å². The normalized spacial score (nSPS) is 14.8. The number of amides is 1. The van der Waals surface area contributed by atoms with Crippen molar-refractivity contribution in [3.63, 3.8) is 0 Å².